The second kappa shape index (κ2) is 4.01. The standard InChI is InChI=1S/C10H18OS/c11-10-7-12-6-9(10)8-4-2-1-3-5-8/h8-11H,1-7H2. The fourth-order valence-corrected chi connectivity index (χ4v) is 3.96. The van der Waals surface area contributed by atoms with Crippen LogP contribution in [0, 0.1) is 11.8 Å². The molecular formula is C10H18OS. The molecule has 1 saturated heterocycles. The van der Waals surface area contributed by atoms with Crippen LogP contribution >= 0.6 is 11.8 Å². The van der Waals surface area contributed by atoms with E-state index in [2.05, 4.69) is 0 Å². The maximum atomic E-state index is 9.72. The van der Waals surface area contributed by atoms with Gasteiger partial charge in [0, 0.05) is 5.75 Å². The Morgan fingerprint density at radius 2 is 1.75 bits per heavy atom. The van der Waals surface area contributed by atoms with E-state index >= 15 is 0 Å². The SMILES string of the molecule is OC1CSCC1C1CCCCC1. The van der Waals surface area contributed by atoms with E-state index in [1.165, 1.54) is 37.9 Å². The molecule has 70 valence electrons. The topological polar surface area (TPSA) is 20.2 Å². The molecule has 0 spiro atoms. The van der Waals surface area contributed by atoms with Crippen LogP contribution in [0.2, 0.25) is 0 Å². The zero-order valence-electron chi connectivity index (χ0n) is 7.54. The highest BCUT2D eigenvalue weighted by molar-refractivity contribution is 7.99. The Hall–Kier alpha value is 0.310. The van der Waals surface area contributed by atoms with E-state index in [1.54, 1.807) is 0 Å². The van der Waals surface area contributed by atoms with Crippen LogP contribution in [0.5, 0.6) is 0 Å². The summed E-state index contributed by atoms with van der Waals surface area (Å²) in [6, 6.07) is 0. The summed E-state index contributed by atoms with van der Waals surface area (Å²) in [6.07, 6.45) is 6.99. The number of aliphatic hydroxyl groups excluding tert-OH is 1. The van der Waals surface area contributed by atoms with Crippen LogP contribution in [-0.4, -0.2) is 22.7 Å². The first-order chi connectivity index (χ1) is 5.88. The van der Waals surface area contributed by atoms with E-state index in [4.69, 9.17) is 0 Å². The van der Waals surface area contributed by atoms with Gasteiger partial charge in [0.15, 0.2) is 0 Å². The minimum absolute atomic E-state index is 0.0121. The lowest BCUT2D eigenvalue weighted by Gasteiger charge is -2.28. The molecule has 2 rings (SSSR count). The first-order valence-electron chi connectivity index (χ1n) is 5.14. The van der Waals surface area contributed by atoms with E-state index in [1.807, 2.05) is 11.8 Å². The fraction of sp³-hybridized carbons (Fsp3) is 1.00. The molecule has 1 heterocycles. The van der Waals surface area contributed by atoms with Gasteiger partial charge < -0.3 is 5.11 Å². The molecule has 0 aromatic carbocycles. The predicted molar refractivity (Wildman–Crippen MR) is 53.4 cm³/mol. The van der Waals surface area contributed by atoms with Crippen LogP contribution < -0.4 is 0 Å². The Bertz CT molecular complexity index is 143. The molecule has 0 bridgehead atoms. The summed E-state index contributed by atoms with van der Waals surface area (Å²) in [5.41, 5.74) is 0. The van der Waals surface area contributed by atoms with Crippen molar-refractivity contribution in [3.63, 3.8) is 0 Å². The third kappa shape index (κ3) is 1.80. The van der Waals surface area contributed by atoms with Crippen molar-refractivity contribution in [3.05, 3.63) is 0 Å². The highest BCUT2D eigenvalue weighted by atomic mass is 32.2. The monoisotopic (exact) mass is 186 g/mol. The van der Waals surface area contributed by atoms with E-state index < -0.39 is 0 Å². The van der Waals surface area contributed by atoms with Crippen molar-refractivity contribution in [2.45, 2.75) is 38.2 Å². The zero-order valence-corrected chi connectivity index (χ0v) is 8.35. The van der Waals surface area contributed by atoms with Gasteiger partial charge in [0.25, 0.3) is 0 Å². The molecule has 1 saturated carbocycles. The van der Waals surface area contributed by atoms with Crippen molar-refractivity contribution in [2.75, 3.05) is 11.5 Å². The van der Waals surface area contributed by atoms with Gasteiger partial charge in [-0.2, -0.15) is 11.8 Å². The van der Waals surface area contributed by atoms with Crippen LogP contribution in [0.3, 0.4) is 0 Å². The van der Waals surface area contributed by atoms with Crippen LogP contribution in [0.4, 0.5) is 0 Å². The summed E-state index contributed by atoms with van der Waals surface area (Å²) >= 11 is 1.93. The van der Waals surface area contributed by atoms with Crippen molar-refractivity contribution in [1.29, 1.82) is 0 Å². The van der Waals surface area contributed by atoms with E-state index in [0.29, 0.717) is 5.92 Å². The Labute approximate surface area is 78.9 Å². The average molecular weight is 186 g/mol. The summed E-state index contributed by atoms with van der Waals surface area (Å²) < 4.78 is 0. The maximum Gasteiger partial charge on any atom is 0.0669 e. The Morgan fingerprint density at radius 3 is 2.33 bits per heavy atom. The first-order valence-corrected chi connectivity index (χ1v) is 6.29. The molecule has 2 aliphatic rings. The maximum absolute atomic E-state index is 9.72. The summed E-state index contributed by atoms with van der Waals surface area (Å²) in [4.78, 5) is 0. The third-order valence-corrected chi connectivity index (χ3v) is 4.55. The molecule has 0 aromatic rings. The number of hydrogen-bond acceptors (Lipinski definition) is 2. The molecule has 2 unspecified atom stereocenters. The number of hydrogen-bond donors (Lipinski definition) is 1. The van der Waals surface area contributed by atoms with Gasteiger partial charge in [-0.3, -0.25) is 0 Å². The third-order valence-electron chi connectivity index (χ3n) is 3.35. The van der Waals surface area contributed by atoms with Gasteiger partial charge in [-0.05, 0) is 17.6 Å². The average Bonchev–Trinajstić information content (AvgIpc) is 2.53. The molecular weight excluding hydrogens is 168 g/mol. The predicted octanol–water partition coefficient (Wildman–Crippen LogP) is 2.29. The van der Waals surface area contributed by atoms with Gasteiger partial charge in [-0.1, -0.05) is 32.1 Å². The van der Waals surface area contributed by atoms with Crippen molar-refractivity contribution in [2.24, 2.45) is 11.8 Å². The molecule has 0 amide bonds. The van der Waals surface area contributed by atoms with Crippen LogP contribution in [0.1, 0.15) is 32.1 Å². The lowest BCUT2D eigenvalue weighted by Crippen LogP contribution is -2.27. The Balaban J connectivity index is 1.89. The second-order valence-corrected chi connectivity index (χ2v) is 5.24. The fourth-order valence-electron chi connectivity index (χ4n) is 2.57. The summed E-state index contributed by atoms with van der Waals surface area (Å²) in [5.74, 6) is 3.69. The van der Waals surface area contributed by atoms with Crippen LogP contribution in [0.15, 0.2) is 0 Å². The molecule has 2 heteroatoms. The van der Waals surface area contributed by atoms with Gasteiger partial charge >= 0.3 is 0 Å². The lowest BCUT2D eigenvalue weighted by molar-refractivity contribution is 0.0974. The Morgan fingerprint density at radius 1 is 1.00 bits per heavy atom. The van der Waals surface area contributed by atoms with E-state index in [0.717, 1.165) is 11.7 Å². The van der Waals surface area contributed by atoms with E-state index in [-0.39, 0.29) is 6.10 Å². The normalized spacial score (nSPS) is 38.8. The summed E-state index contributed by atoms with van der Waals surface area (Å²) in [6.45, 7) is 0. The zero-order chi connectivity index (χ0) is 8.39. The summed E-state index contributed by atoms with van der Waals surface area (Å²) in [5, 5.41) is 9.72. The number of aliphatic hydroxyl groups is 1. The minimum atomic E-state index is 0.0121. The van der Waals surface area contributed by atoms with Gasteiger partial charge in [-0.15, -0.1) is 0 Å². The molecule has 0 radical (unpaired) electrons. The minimum Gasteiger partial charge on any atom is -0.392 e. The van der Waals surface area contributed by atoms with Crippen LogP contribution in [-0.2, 0) is 0 Å². The largest absolute Gasteiger partial charge is 0.392 e. The number of thioether (sulfide) groups is 1. The second-order valence-electron chi connectivity index (χ2n) is 4.17. The number of rotatable bonds is 1. The molecule has 1 aliphatic heterocycles. The van der Waals surface area contributed by atoms with E-state index in [9.17, 15) is 5.11 Å². The molecule has 1 N–H and O–H groups in total. The van der Waals surface area contributed by atoms with Gasteiger partial charge in [0.2, 0.25) is 0 Å². The highest BCUT2D eigenvalue weighted by Gasteiger charge is 2.33. The highest BCUT2D eigenvalue weighted by Crippen LogP contribution is 2.37. The lowest BCUT2D eigenvalue weighted by atomic mass is 9.79. The van der Waals surface area contributed by atoms with Crippen LogP contribution in [0.25, 0.3) is 0 Å². The van der Waals surface area contributed by atoms with Crippen molar-refractivity contribution in [3.8, 4) is 0 Å². The Kier molecular flexibility index (Phi) is 2.97. The van der Waals surface area contributed by atoms with Gasteiger partial charge in [0.05, 0.1) is 6.10 Å². The van der Waals surface area contributed by atoms with Crippen molar-refractivity contribution >= 4 is 11.8 Å². The molecule has 12 heavy (non-hydrogen) atoms. The molecule has 0 aromatic heterocycles. The first kappa shape index (κ1) is 8.89. The quantitative estimate of drug-likeness (QED) is 0.678. The smallest absolute Gasteiger partial charge is 0.0669 e. The van der Waals surface area contributed by atoms with Crippen molar-refractivity contribution in [1.82, 2.24) is 0 Å². The van der Waals surface area contributed by atoms with Gasteiger partial charge in [-0.25, -0.2) is 0 Å². The molecule has 1 nitrogen and oxygen atoms in total. The van der Waals surface area contributed by atoms with Crippen molar-refractivity contribution < 1.29 is 5.11 Å². The molecule has 1 aliphatic carbocycles. The molecule has 2 fully saturated rings. The van der Waals surface area contributed by atoms with Gasteiger partial charge in [0.1, 0.15) is 0 Å². The summed E-state index contributed by atoms with van der Waals surface area (Å²) in [7, 11) is 0. The molecule has 2 atom stereocenters.